The highest BCUT2D eigenvalue weighted by molar-refractivity contribution is 7.80. The van der Waals surface area contributed by atoms with Crippen molar-refractivity contribution < 1.29 is 4.79 Å². The van der Waals surface area contributed by atoms with Crippen LogP contribution < -0.4 is 11.1 Å². The molecule has 5 heteroatoms. The second-order valence-corrected chi connectivity index (χ2v) is 6.45. The lowest BCUT2D eigenvalue weighted by molar-refractivity contribution is -0.121. The molecule has 0 aromatic rings. The van der Waals surface area contributed by atoms with E-state index in [1.54, 1.807) is 0 Å². The average molecular weight is 267 g/mol. The largest absolute Gasteiger partial charge is 0.369 e. The number of thiocarbonyl (C=S) groups is 1. The molecule has 3 rings (SSSR count). The van der Waals surface area contributed by atoms with Crippen molar-refractivity contribution in [2.45, 2.75) is 38.1 Å². The molecule has 3 N–H and O–H groups in total. The van der Waals surface area contributed by atoms with E-state index in [0.717, 1.165) is 29.9 Å². The number of fused-ring (bicyclic) bond motifs is 2. The third kappa shape index (κ3) is 2.20. The topological polar surface area (TPSA) is 58.4 Å². The predicted octanol–water partition coefficient (Wildman–Crippen LogP) is 0.857. The van der Waals surface area contributed by atoms with Gasteiger partial charge < -0.3 is 16.0 Å². The number of carbonyl (C=O) groups excluding carboxylic acids is 1. The van der Waals surface area contributed by atoms with Gasteiger partial charge in [-0.1, -0.05) is 6.42 Å². The molecule has 0 spiro atoms. The number of likely N-dealkylation sites (tertiary alicyclic amines) is 1. The van der Waals surface area contributed by atoms with Gasteiger partial charge in [0, 0.05) is 19.1 Å². The summed E-state index contributed by atoms with van der Waals surface area (Å²) in [5.41, 5.74) is 5.34. The second kappa shape index (κ2) is 4.68. The van der Waals surface area contributed by atoms with Crippen LogP contribution in [-0.4, -0.2) is 35.1 Å². The van der Waals surface area contributed by atoms with Crippen LogP contribution in [0.15, 0.2) is 0 Å². The monoisotopic (exact) mass is 267 g/mol. The molecule has 1 saturated heterocycles. The summed E-state index contributed by atoms with van der Waals surface area (Å²) in [5, 5.41) is 4.35. The number of rotatable bonds is 2. The smallest absolute Gasteiger partial charge is 0.222 e. The van der Waals surface area contributed by atoms with Crippen molar-refractivity contribution >= 4 is 23.2 Å². The molecule has 4 atom stereocenters. The molecule has 0 aromatic heterocycles. The van der Waals surface area contributed by atoms with E-state index in [1.807, 2.05) is 0 Å². The number of nitrogens with zero attached hydrogens (tertiary/aromatic N) is 1. The molecule has 2 saturated carbocycles. The fourth-order valence-corrected chi connectivity index (χ4v) is 4.17. The molecule has 0 radical (unpaired) electrons. The van der Waals surface area contributed by atoms with Gasteiger partial charge in [0.05, 0.1) is 5.92 Å². The Morgan fingerprint density at radius 3 is 2.67 bits per heavy atom. The summed E-state index contributed by atoms with van der Waals surface area (Å²) in [7, 11) is 0. The lowest BCUT2D eigenvalue weighted by Crippen LogP contribution is -2.46. The van der Waals surface area contributed by atoms with Crippen molar-refractivity contribution in [3.63, 3.8) is 0 Å². The Morgan fingerprint density at radius 2 is 2.11 bits per heavy atom. The van der Waals surface area contributed by atoms with Gasteiger partial charge in [-0.15, -0.1) is 0 Å². The number of amides is 1. The zero-order chi connectivity index (χ0) is 12.7. The molecule has 100 valence electrons. The number of hydrogen-bond donors (Lipinski definition) is 2. The molecule has 2 bridgehead atoms. The van der Waals surface area contributed by atoms with E-state index in [9.17, 15) is 4.79 Å². The lowest BCUT2D eigenvalue weighted by atomic mass is 9.95. The summed E-state index contributed by atoms with van der Waals surface area (Å²) < 4.78 is 0. The van der Waals surface area contributed by atoms with Crippen LogP contribution in [0.4, 0.5) is 0 Å². The van der Waals surface area contributed by atoms with Crippen LogP contribution in [-0.2, 0) is 4.79 Å². The highest BCUT2D eigenvalue weighted by Crippen LogP contribution is 2.44. The van der Waals surface area contributed by atoms with E-state index in [2.05, 4.69) is 10.2 Å². The van der Waals surface area contributed by atoms with Gasteiger partial charge in [0.15, 0.2) is 5.11 Å². The summed E-state index contributed by atoms with van der Waals surface area (Å²) >= 11 is 5.47. The lowest BCUT2D eigenvalue weighted by Gasteiger charge is -2.28. The van der Waals surface area contributed by atoms with Crippen molar-refractivity contribution in [2.24, 2.45) is 23.5 Å². The maximum absolute atomic E-state index is 11.2. The first-order valence-corrected chi connectivity index (χ1v) is 7.39. The van der Waals surface area contributed by atoms with Gasteiger partial charge in [0.2, 0.25) is 5.91 Å². The number of primary amides is 1. The van der Waals surface area contributed by atoms with Crippen LogP contribution in [0.2, 0.25) is 0 Å². The molecular weight excluding hydrogens is 246 g/mol. The number of hydrogen-bond acceptors (Lipinski definition) is 2. The SMILES string of the molecule is NC(=O)[C@H]1CCN(C(=S)N[C@@H]2C[C@H]3CC[C@H]2C3)C1. The van der Waals surface area contributed by atoms with Gasteiger partial charge in [-0.2, -0.15) is 0 Å². The fourth-order valence-electron chi connectivity index (χ4n) is 3.85. The zero-order valence-corrected chi connectivity index (χ0v) is 11.4. The molecule has 2 aliphatic carbocycles. The second-order valence-electron chi connectivity index (χ2n) is 6.06. The van der Waals surface area contributed by atoms with Crippen LogP contribution in [0, 0.1) is 17.8 Å². The van der Waals surface area contributed by atoms with Crippen LogP contribution in [0.1, 0.15) is 32.1 Å². The van der Waals surface area contributed by atoms with Gasteiger partial charge in [-0.3, -0.25) is 4.79 Å². The van der Waals surface area contributed by atoms with Crippen molar-refractivity contribution in [3.05, 3.63) is 0 Å². The number of nitrogens with one attached hydrogen (secondary N) is 1. The summed E-state index contributed by atoms with van der Waals surface area (Å²) in [6, 6.07) is 0.573. The first-order chi connectivity index (χ1) is 8.63. The van der Waals surface area contributed by atoms with Gasteiger partial charge in [-0.05, 0) is 49.7 Å². The van der Waals surface area contributed by atoms with E-state index in [0.29, 0.717) is 12.6 Å². The minimum absolute atomic E-state index is 0.0234. The van der Waals surface area contributed by atoms with E-state index in [-0.39, 0.29) is 11.8 Å². The van der Waals surface area contributed by atoms with Gasteiger partial charge in [0.25, 0.3) is 0 Å². The van der Waals surface area contributed by atoms with E-state index in [1.165, 1.54) is 25.7 Å². The Labute approximate surface area is 113 Å². The Kier molecular flexibility index (Phi) is 3.18. The van der Waals surface area contributed by atoms with E-state index in [4.69, 9.17) is 18.0 Å². The molecular formula is C13H21N3OS. The number of carbonyl (C=O) groups is 1. The van der Waals surface area contributed by atoms with Crippen LogP contribution in [0.25, 0.3) is 0 Å². The molecule has 1 heterocycles. The molecule has 1 amide bonds. The van der Waals surface area contributed by atoms with Crippen molar-refractivity contribution in [2.75, 3.05) is 13.1 Å². The fraction of sp³-hybridized carbons (Fsp3) is 0.846. The molecule has 0 unspecified atom stereocenters. The average Bonchev–Trinajstić information content (AvgIpc) is 3.04. The Balaban J connectivity index is 1.52. The standard InChI is InChI=1S/C13H21N3OS/c14-12(17)10-3-4-16(7-10)13(18)15-11-6-8-1-2-9(11)5-8/h8-11H,1-7H2,(H2,14,17)(H,15,18)/t8-,9-,10-,11+/m0/s1. The molecule has 3 fully saturated rings. The van der Waals surface area contributed by atoms with Crippen LogP contribution >= 0.6 is 12.2 Å². The highest BCUT2D eigenvalue weighted by Gasteiger charge is 2.40. The van der Waals surface area contributed by atoms with Gasteiger partial charge in [0.1, 0.15) is 0 Å². The minimum Gasteiger partial charge on any atom is -0.369 e. The van der Waals surface area contributed by atoms with Gasteiger partial charge >= 0.3 is 0 Å². The molecule has 18 heavy (non-hydrogen) atoms. The summed E-state index contributed by atoms with van der Waals surface area (Å²) in [6.07, 6.45) is 6.26. The Hall–Kier alpha value is -0.840. The summed E-state index contributed by atoms with van der Waals surface area (Å²) in [4.78, 5) is 13.3. The third-order valence-corrected chi connectivity index (χ3v) is 5.30. The maximum Gasteiger partial charge on any atom is 0.222 e. The summed E-state index contributed by atoms with van der Waals surface area (Å²) in [6.45, 7) is 1.56. The predicted molar refractivity (Wildman–Crippen MR) is 73.8 cm³/mol. The summed E-state index contributed by atoms with van der Waals surface area (Å²) in [5.74, 6) is 1.53. The van der Waals surface area contributed by atoms with E-state index >= 15 is 0 Å². The first-order valence-electron chi connectivity index (χ1n) is 6.98. The maximum atomic E-state index is 11.2. The van der Waals surface area contributed by atoms with Crippen LogP contribution in [0.3, 0.4) is 0 Å². The minimum atomic E-state index is -0.194. The Morgan fingerprint density at radius 1 is 1.28 bits per heavy atom. The highest BCUT2D eigenvalue weighted by atomic mass is 32.1. The number of nitrogens with two attached hydrogens (primary N) is 1. The van der Waals surface area contributed by atoms with E-state index < -0.39 is 0 Å². The third-order valence-electron chi connectivity index (χ3n) is 4.92. The van der Waals surface area contributed by atoms with Crippen molar-refractivity contribution in [3.8, 4) is 0 Å². The zero-order valence-electron chi connectivity index (χ0n) is 10.6. The molecule has 0 aromatic carbocycles. The first kappa shape index (κ1) is 12.2. The normalized spacial score (nSPS) is 38.1. The van der Waals surface area contributed by atoms with Crippen molar-refractivity contribution in [1.29, 1.82) is 0 Å². The Bertz CT molecular complexity index is 373. The molecule has 4 nitrogen and oxygen atoms in total. The molecule has 1 aliphatic heterocycles. The van der Waals surface area contributed by atoms with Gasteiger partial charge in [-0.25, -0.2) is 0 Å². The van der Waals surface area contributed by atoms with Crippen LogP contribution in [0.5, 0.6) is 0 Å². The van der Waals surface area contributed by atoms with Crippen molar-refractivity contribution in [1.82, 2.24) is 10.2 Å². The molecule has 3 aliphatic rings. The quantitative estimate of drug-likeness (QED) is 0.729.